The Morgan fingerprint density at radius 2 is 1.89 bits per heavy atom. The average molecular weight is 268 g/mol. The Balaban J connectivity index is 1.79. The number of hydrogen-bond donors (Lipinski definition) is 2. The Morgan fingerprint density at radius 3 is 2.47 bits per heavy atom. The highest BCUT2D eigenvalue weighted by Crippen LogP contribution is 2.46. The highest BCUT2D eigenvalue weighted by Gasteiger charge is 2.41. The summed E-state index contributed by atoms with van der Waals surface area (Å²) in [6.07, 6.45) is 7.92. The molecule has 2 rings (SSSR count). The van der Waals surface area contributed by atoms with Crippen molar-refractivity contribution < 1.29 is 5.11 Å². The number of nitrogens with one attached hydrogen (secondary N) is 1. The lowest BCUT2D eigenvalue weighted by Crippen LogP contribution is -2.53. The van der Waals surface area contributed by atoms with Crippen LogP contribution < -0.4 is 5.32 Å². The van der Waals surface area contributed by atoms with Gasteiger partial charge in [-0.25, -0.2) is 0 Å². The predicted molar refractivity (Wildman–Crippen MR) is 80.3 cm³/mol. The van der Waals surface area contributed by atoms with Crippen molar-refractivity contribution in [1.82, 2.24) is 10.2 Å². The van der Waals surface area contributed by atoms with E-state index in [1.807, 2.05) is 0 Å². The summed E-state index contributed by atoms with van der Waals surface area (Å²) in [5.41, 5.74) is 0.0264. The van der Waals surface area contributed by atoms with Gasteiger partial charge in [-0.15, -0.1) is 0 Å². The monoisotopic (exact) mass is 268 g/mol. The van der Waals surface area contributed by atoms with E-state index < -0.39 is 0 Å². The molecule has 3 nitrogen and oxygen atoms in total. The third-order valence-electron chi connectivity index (χ3n) is 5.30. The van der Waals surface area contributed by atoms with Crippen LogP contribution in [0.15, 0.2) is 0 Å². The van der Waals surface area contributed by atoms with E-state index in [0.717, 1.165) is 44.4 Å². The highest BCUT2D eigenvalue weighted by atomic mass is 16.3. The number of rotatable bonds is 8. The minimum absolute atomic E-state index is 0.0264. The molecule has 2 aliphatic rings. The maximum absolute atomic E-state index is 9.87. The second-order valence-corrected chi connectivity index (χ2v) is 6.59. The molecule has 0 bridgehead atoms. The van der Waals surface area contributed by atoms with Crippen molar-refractivity contribution in [2.45, 2.75) is 57.9 Å². The molecule has 0 heterocycles. The highest BCUT2D eigenvalue weighted by molar-refractivity contribution is 4.97. The molecule has 0 aromatic heterocycles. The molecule has 2 N–H and O–H groups in total. The normalized spacial score (nSPS) is 31.9. The van der Waals surface area contributed by atoms with Crippen molar-refractivity contribution in [1.29, 1.82) is 0 Å². The van der Waals surface area contributed by atoms with Crippen LogP contribution in [0.1, 0.15) is 52.4 Å². The Morgan fingerprint density at radius 1 is 1.16 bits per heavy atom. The maximum atomic E-state index is 9.87. The molecular formula is C16H32N2O. The van der Waals surface area contributed by atoms with E-state index in [0.29, 0.717) is 6.61 Å². The van der Waals surface area contributed by atoms with Gasteiger partial charge in [-0.05, 0) is 50.6 Å². The van der Waals surface area contributed by atoms with Crippen molar-refractivity contribution in [3.8, 4) is 0 Å². The number of likely N-dealkylation sites (N-methyl/N-ethyl adjacent to an activating group) is 1. The van der Waals surface area contributed by atoms with E-state index >= 15 is 0 Å². The molecule has 0 amide bonds. The standard InChI is InChI=1S/C16H32N2O/c1-3-18(4-2)11-10-17-16(13-19)9-5-6-15(12-16)14-7-8-14/h14-15,17,19H,3-13H2,1-2H3. The van der Waals surface area contributed by atoms with Crippen LogP contribution in [-0.2, 0) is 0 Å². The van der Waals surface area contributed by atoms with Gasteiger partial charge in [0.25, 0.3) is 0 Å². The van der Waals surface area contributed by atoms with Gasteiger partial charge < -0.3 is 15.3 Å². The number of aliphatic hydroxyl groups excluding tert-OH is 1. The van der Waals surface area contributed by atoms with Crippen LogP contribution in [-0.4, -0.2) is 48.3 Å². The van der Waals surface area contributed by atoms with E-state index in [4.69, 9.17) is 0 Å². The Kier molecular flexibility index (Phi) is 5.67. The SMILES string of the molecule is CCN(CC)CCNC1(CO)CCCC(C2CC2)C1. The van der Waals surface area contributed by atoms with Gasteiger partial charge in [-0.3, -0.25) is 0 Å². The van der Waals surface area contributed by atoms with Crippen LogP contribution in [0.5, 0.6) is 0 Å². The zero-order chi connectivity index (χ0) is 13.7. The van der Waals surface area contributed by atoms with Gasteiger partial charge in [0, 0.05) is 18.6 Å². The molecule has 0 saturated heterocycles. The van der Waals surface area contributed by atoms with Crippen LogP contribution in [0.4, 0.5) is 0 Å². The average Bonchev–Trinajstić information content (AvgIpc) is 3.28. The van der Waals surface area contributed by atoms with E-state index in [2.05, 4.69) is 24.1 Å². The van der Waals surface area contributed by atoms with E-state index in [1.54, 1.807) is 0 Å². The van der Waals surface area contributed by atoms with Crippen molar-refractivity contribution in [2.75, 3.05) is 32.8 Å². The molecule has 3 heteroatoms. The number of aliphatic hydroxyl groups is 1. The molecule has 0 spiro atoms. The summed E-state index contributed by atoms with van der Waals surface area (Å²) in [5.74, 6) is 1.86. The fourth-order valence-electron chi connectivity index (χ4n) is 3.76. The molecule has 2 aliphatic carbocycles. The largest absolute Gasteiger partial charge is 0.394 e. The first-order valence-electron chi connectivity index (χ1n) is 8.31. The zero-order valence-corrected chi connectivity index (χ0v) is 12.8. The minimum atomic E-state index is 0.0264. The fraction of sp³-hybridized carbons (Fsp3) is 1.00. The molecule has 0 radical (unpaired) electrons. The molecule has 0 aromatic carbocycles. The predicted octanol–water partition coefficient (Wildman–Crippen LogP) is 2.25. The van der Waals surface area contributed by atoms with Gasteiger partial charge in [0.1, 0.15) is 0 Å². The van der Waals surface area contributed by atoms with Gasteiger partial charge >= 0.3 is 0 Å². The van der Waals surface area contributed by atoms with Gasteiger partial charge in [0.15, 0.2) is 0 Å². The van der Waals surface area contributed by atoms with Gasteiger partial charge in [-0.1, -0.05) is 26.7 Å². The first-order chi connectivity index (χ1) is 9.23. The summed E-state index contributed by atoms with van der Waals surface area (Å²) in [6, 6.07) is 0. The lowest BCUT2D eigenvalue weighted by Gasteiger charge is -2.41. The molecule has 2 atom stereocenters. The zero-order valence-electron chi connectivity index (χ0n) is 12.8. The third-order valence-corrected chi connectivity index (χ3v) is 5.30. The second-order valence-electron chi connectivity index (χ2n) is 6.59. The molecular weight excluding hydrogens is 236 g/mol. The Hall–Kier alpha value is -0.120. The molecule has 19 heavy (non-hydrogen) atoms. The Labute approximate surface area is 118 Å². The molecule has 112 valence electrons. The summed E-state index contributed by atoms with van der Waals surface area (Å²) in [5, 5.41) is 13.6. The molecule has 0 aliphatic heterocycles. The van der Waals surface area contributed by atoms with Gasteiger partial charge in [-0.2, -0.15) is 0 Å². The molecule has 2 saturated carbocycles. The van der Waals surface area contributed by atoms with Crippen LogP contribution in [0.3, 0.4) is 0 Å². The first kappa shape index (κ1) is 15.3. The fourth-order valence-corrected chi connectivity index (χ4v) is 3.76. The van der Waals surface area contributed by atoms with Crippen molar-refractivity contribution in [2.24, 2.45) is 11.8 Å². The summed E-state index contributed by atoms with van der Waals surface area (Å²) < 4.78 is 0. The topological polar surface area (TPSA) is 35.5 Å². The summed E-state index contributed by atoms with van der Waals surface area (Å²) in [7, 11) is 0. The van der Waals surface area contributed by atoms with E-state index in [9.17, 15) is 5.11 Å². The van der Waals surface area contributed by atoms with E-state index in [-0.39, 0.29) is 5.54 Å². The lowest BCUT2D eigenvalue weighted by molar-refractivity contribution is 0.0862. The third kappa shape index (κ3) is 4.17. The molecule has 0 aromatic rings. The first-order valence-corrected chi connectivity index (χ1v) is 8.31. The van der Waals surface area contributed by atoms with Crippen molar-refractivity contribution in [3.05, 3.63) is 0 Å². The summed E-state index contributed by atoms with van der Waals surface area (Å²) in [4.78, 5) is 2.44. The number of hydrogen-bond acceptors (Lipinski definition) is 3. The Bertz CT molecular complexity index is 263. The smallest absolute Gasteiger partial charge is 0.0613 e. The quantitative estimate of drug-likeness (QED) is 0.709. The van der Waals surface area contributed by atoms with Crippen LogP contribution in [0, 0.1) is 11.8 Å². The van der Waals surface area contributed by atoms with Crippen molar-refractivity contribution >= 4 is 0 Å². The summed E-state index contributed by atoms with van der Waals surface area (Å²) >= 11 is 0. The van der Waals surface area contributed by atoms with Crippen LogP contribution >= 0.6 is 0 Å². The number of nitrogens with zero attached hydrogens (tertiary/aromatic N) is 1. The maximum Gasteiger partial charge on any atom is 0.0613 e. The van der Waals surface area contributed by atoms with Gasteiger partial charge in [0.2, 0.25) is 0 Å². The van der Waals surface area contributed by atoms with E-state index in [1.165, 1.54) is 32.1 Å². The van der Waals surface area contributed by atoms with Crippen LogP contribution in [0.25, 0.3) is 0 Å². The lowest BCUT2D eigenvalue weighted by atomic mass is 9.74. The molecule has 2 unspecified atom stereocenters. The van der Waals surface area contributed by atoms with Crippen LogP contribution in [0.2, 0.25) is 0 Å². The minimum Gasteiger partial charge on any atom is -0.394 e. The summed E-state index contributed by atoms with van der Waals surface area (Å²) in [6.45, 7) is 9.10. The second kappa shape index (κ2) is 7.05. The van der Waals surface area contributed by atoms with Gasteiger partial charge in [0.05, 0.1) is 6.61 Å². The molecule has 2 fully saturated rings. The van der Waals surface area contributed by atoms with Crippen molar-refractivity contribution in [3.63, 3.8) is 0 Å².